The molecule has 1 saturated heterocycles. The van der Waals surface area contributed by atoms with Crippen molar-refractivity contribution in [2.75, 3.05) is 6.61 Å². The van der Waals surface area contributed by atoms with Crippen molar-refractivity contribution in [3.63, 3.8) is 0 Å². The van der Waals surface area contributed by atoms with Gasteiger partial charge in [0.1, 0.15) is 0 Å². The first kappa shape index (κ1) is 20.2. The predicted octanol–water partition coefficient (Wildman–Crippen LogP) is 4.84. The van der Waals surface area contributed by atoms with Gasteiger partial charge in [-0.2, -0.15) is 0 Å². The van der Waals surface area contributed by atoms with E-state index in [9.17, 15) is 10.2 Å². The van der Waals surface area contributed by atoms with Gasteiger partial charge in [0.05, 0.1) is 24.9 Å². The number of fused-ring (bicyclic) bond motifs is 1. The van der Waals surface area contributed by atoms with Crippen molar-refractivity contribution in [3.05, 3.63) is 58.5 Å². The summed E-state index contributed by atoms with van der Waals surface area (Å²) in [7, 11) is 0. The van der Waals surface area contributed by atoms with Crippen LogP contribution in [0.4, 0.5) is 0 Å². The number of nitrogens with one attached hydrogen (secondary N) is 1. The Kier molecular flexibility index (Phi) is 6.82. The minimum atomic E-state index is -0.411. The third-order valence-corrected chi connectivity index (χ3v) is 6.10. The zero-order valence-corrected chi connectivity index (χ0v) is 16.7. The van der Waals surface area contributed by atoms with Crippen molar-refractivity contribution in [1.29, 1.82) is 0 Å². The van der Waals surface area contributed by atoms with E-state index in [0.29, 0.717) is 12.8 Å². The normalized spacial score (nSPS) is 23.3. The summed E-state index contributed by atoms with van der Waals surface area (Å²) >= 11 is 1.66. The molecule has 1 aliphatic rings. The van der Waals surface area contributed by atoms with Crippen LogP contribution in [0, 0.1) is 0 Å². The van der Waals surface area contributed by atoms with Crippen molar-refractivity contribution in [2.24, 2.45) is 0 Å². The third-order valence-electron chi connectivity index (χ3n) is 5.09. The maximum absolute atomic E-state index is 10.0. The molecule has 0 amide bonds. The highest BCUT2D eigenvalue weighted by Crippen LogP contribution is 2.34. The van der Waals surface area contributed by atoms with Crippen molar-refractivity contribution >= 4 is 22.7 Å². The molecule has 0 radical (unpaired) electrons. The molecule has 4 nitrogen and oxygen atoms in total. The molecule has 0 saturated carbocycles. The summed E-state index contributed by atoms with van der Waals surface area (Å²) in [5.74, 6) is 0. The molecule has 3 atom stereocenters. The van der Waals surface area contributed by atoms with Gasteiger partial charge in [0.15, 0.2) is 0 Å². The Balaban J connectivity index is 1.81. The second kappa shape index (κ2) is 9.11. The third kappa shape index (κ3) is 5.05. The lowest BCUT2D eigenvalue weighted by atomic mass is 10.00. The van der Waals surface area contributed by atoms with Gasteiger partial charge in [-0.1, -0.05) is 37.9 Å². The summed E-state index contributed by atoms with van der Waals surface area (Å²) in [5, 5.41) is 20.7. The Hall–Kier alpha value is -1.53. The van der Waals surface area contributed by atoms with Gasteiger partial charge in [0.25, 0.3) is 0 Å². The number of aromatic nitrogens is 1. The van der Waals surface area contributed by atoms with Gasteiger partial charge >= 0.3 is 0 Å². The monoisotopic (exact) mass is 387 g/mol. The van der Waals surface area contributed by atoms with Crippen LogP contribution in [0.2, 0.25) is 0 Å². The summed E-state index contributed by atoms with van der Waals surface area (Å²) in [6, 6.07) is 6.32. The number of aliphatic hydroxyl groups is 2. The number of H-pyrrole nitrogens is 1. The van der Waals surface area contributed by atoms with E-state index in [1.807, 2.05) is 6.20 Å². The van der Waals surface area contributed by atoms with Gasteiger partial charge in [-0.05, 0) is 52.3 Å². The van der Waals surface area contributed by atoms with E-state index in [-0.39, 0.29) is 18.8 Å². The van der Waals surface area contributed by atoms with E-state index in [1.165, 1.54) is 10.9 Å². The Bertz CT molecular complexity index is 813. The number of benzene rings is 1. The highest BCUT2D eigenvalue weighted by atomic mass is 32.2. The van der Waals surface area contributed by atoms with Crippen LogP contribution in [0.15, 0.2) is 47.4 Å². The molecule has 3 N–H and O–H groups in total. The zero-order valence-electron chi connectivity index (χ0n) is 15.9. The number of hydrogen-bond donors (Lipinski definition) is 3. The zero-order chi connectivity index (χ0) is 19.4. The molecule has 27 heavy (non-hydrogen) atoms. The quantitative estimate of drug-likeness (QED) is 0.636. The molecule has 0 spiro atoms. The minimum absolute atomic E-state index is 0.0659. The van der Waals surface area contributed by atoms with Crippen LogP contribution >= 0.6 is 11.8 Å². The number of ether oxygens (including phenoxy) is 1. The first-order valence-electron chi connectivity index (χ1n) is 9.57. The molecule has 1 fully saturated rings. The number of allylic oxidation sites excluding steroid dienone is 2. The molecule has 1 aliphatic heterocycles. The summed E-state index contributed by atoms with van der Waals surface area (Å²) < 4.78 is 6.08. The van der Waals surface area contributed by atoms with Gasteiger partial charge in [-0.3, -0.25) is 0 Å². The largest absolute Gasteiger partial charge is 0.394 e. The van der Waals surface area contributed by atoms with Crippen molar-refractivity contribution in [3.8, 4) is 0 Å². The topological polar surface area (TPSA) is 65.5 Å². The number of aromatic amines is 1. The molecule has 3 rings (SSSR count). The fourth-order valence-electron chi connectivity index (χ4n) is 3.55. The molecule has 0 aliphatic carbocycles. The van der Waals surface area contributed by atoms with E-state index >= 15 is 0 Å². The molecule has 2 heterocycles. The highest BCUT2D eigenvalue weighted by Gasteiger charge is 2.26. The Labute approximate surface area is 165 Å². The Morgan fingerprint density at radius 3 is 2.85 bits per heavy atom. The van der Waals surface area contributed by atoms with Crippen LogP contribution < -0.4 is 0 Å². The SMILES string of the molecule is C=C(CC)SC(=C)Cc1c[nH]c2ccc(C3CCC(O)CC(CO)O3)cc12. The number of hydrogen-bond acceptors (Lipinski definition) is 4. The van der Waals surface area contributed by atoms with E-state index in [2.05, 4.69) is 43.3 Å². The maximum Gasteiger partial charge on any atom is 0.0838 e. The van der Waals surface area contributed by atoms with Crippen LogP contribution in [-0.2, 0) is 11.2 Å². The molecule has 146 valence electrons. The second-order valence-electron chi connectivity index (χ2n) is 7.22. The molecule has 5 heteroatoms. The fraction of sp³-hybridized carbons (Fsp3) is 0.455. The molecular weight excluding hydrogens is 358 g/mol. The predicted molar refractivity (Wildman–Crippen MR) is 113 cm³/mol. The molecule has 2 aromatic rings. The van der Waals surface area contributed by atoms with E-state index in [4.69, 9.17) is 4.74 Å². The van der Waals surface area contributed by atoms with E-state index in [0.717, 1.165) is 40.2 Å². The molecule has 3 unspecified atom stereocenters. The lowest BCUT2D eigenvalue weighted by molar-refractivity contribution is -0.0430. The second-order valence-corrected chi connectivity index (χ2v) is 8.58. The highest BCUT2D eigenvalue weighted by molar-refractivity contribution is 8.06. The lowest BCUT2D eigenvalue weighted by Crippen LogP contribution is -2.22. The van der Waals surface area contributed by atoms with Crippen LogP contribution in [0.5, 0.6) is 0 Å². The smallest absolute Gasteiger partial charge is 0.0838 e. The minimum Gasteiger partial charge on any atom is -0.394 e. The average molecular weight is 388 g/mol. The number of aliphatic hydroxyl groups excluding tert-OH is 2. The van der Waals surface area contributed by atoms with Gasteiger partial charge in [0.2, 0.25) is 0 Å². The van der Waals surface area contributed by atoms with Crippen LogP contribution in [0.3, 0.4) is 0 Å². The first-order chi connectivity index (χ1) is 13.0. The molecule has 0 bridgehead atoms. The van der Waals surface area contributed by atoms with Crippen LogP contribution in [0.25, 0.3) is 10.9 Å². The maximum atomic E-state index is 10.0. The van der Waals surface area contributed by atoms with Crippen LogP contribution in [-0.4, -0.2) is 34.0 Å². The lowest BCUT2D eigenvalue weighted by Gasteiger charge is -2.21. The van der Waals surface area contributed by atoms with Crippen molar-refractivity contribution < 1.29 is 14.9 Å². The molecular formula is C22H29NO3S. The van der Waals surface area contributed by atoms with E-state index in [1.54, 1.807) is 11.8 Å². The standard InChI is InChI=1S/C22H29NO3S/c1-4-14(2)27-15(3)9-17-12-23-21-7-5-16(10-20(17)21)22-8-6-18(25)11-19(13-24)26-22/h5,7,10,12,18-19,22-25H,2-4,6,8-9,11,13H2,1H3. The summed E-state index contributed by atoms with van der Waals surface area (Å²) in [5.41, 5.74) is 3.39. The summed E-state index contributed by atoms with van der Waals surface area (Å²) in [6.07, 6.45) is 4.87. The number of rotatable bonds is 7. The van der Waals surface area contributed by atoms with E-state index < -0.39 is 6.10 Å². The van der Waals surface area contributed by atoms with Crippen LogP contribution in [0.1, 0.15) is 49.8 Å². The Morgan fingerprint density at radius 2 is 2.11 bits per heavy atom. The van der Waals surface area contributed by atoms with Crippen molar-refractivity contribution in [2.45, 2.75) is 57.3 Å². The average Bonchev–Trinajstić information content (AvgIpc) is 2.94. The number of thioether (sulfide) groups is 1. The first-order valence-corrected chi connectivity index (χ1v) is 10.4. The van der Waals surface area contributed by atoms with Gasteiger partial charge in [0, 0.05) is 29.9 Å². The summed E-state index contributed by atoms with van der Waals surface area (Å²) in [6.45, 7) is 10.3. The van der Waals surface area contributed by atoms with Gasteiger partial charge in [-0.25, -0.2) is 0 Å². The Morgan fingerprint density at radius 1 is 1.30 bits per heavy atom. The molecule has 1 aromatic heterocycles. The van der Waals surface area contributed by atoms with Crippen molar-refractivity contribution in [1.82, 2.24) is 4.98 Å². The van der Waals surface area contributed by atoms with Gasteiger partial charge in [-0.15, -0.1) is 0 Å². The molecule has 1 aromatic carbocycles. The fourth-order valence-corrected chi connectivity index (χ4v) is 4.33. The van der Waals surface area contributed by atoms with Gasteiger partial charge < -0.3 is 19.9 Å². The summed E-state index contributed by atoms with van der Waals surface area (Å²) in [4.78, 5) is 5.55.